The van der Waals surface area contributed by atoms with Crippen molar-refractivity contribution < 1.29 is 44.2 Å². The summed E-state index contributed by atoms with van der Waals surface area (Å²) in [5.74, 6) is 0.612. The molecule has 1 heterocycles. The number of carboxylic acid groups (broad SMARTS) is 1. The molecule has 0 amide bonds. The first-order valence-corrected chi connectivity index (χ1v) is 13.7. The predicted octanol–water partition coefficient (Wildman–Crippen LogP) is 3.08. The normalized spacial score (nSPS) is 20.0. The Kier molecular flexibility index (Phi) is 9.51. The topological polar surface area (TPSA) is 65.5 Å². The minimum atomic E-state index is -1.13. The molecule has 36 heavy (non-hydrogen) atoms. The van der Waals surface area contributed by atoms with E-state index in [2.05, 4.69) is 41.5 Å². The van der Waals surface area contributed by atoms with Crippen molar-refractivity contribution >= 4 is 22.4 Å². The van der Waals surface area contributed by atoms with Gasteiger partial charge in [0.25, 0.3) is 0 Å². The average Bonchev–Trinajstić information content (AvgIpc) is 3.58. The number of nitrogens with zero attached hydrogens (tertiary/aromatic N) is 2. The first kappa shape index (κ1) is 27.2. The number of anilines is 1. The van der Waals surface area contributed by atoms with Crippen LogP contribution in [0.25, 0.3) is 11.3 Å². The van der Waals surface area contributed by atoms with Gasteiger partial charge < -0.3 is 19.5 Å². The molecule has 0 radical (unpaired) electrons. The molecule has 2 aliphatic carbocycles. The monoisotopic (exact) mass is 512 g/mol. The maximum absolute atomic E-state index is 11.7. The first-order valence-electron chi connectivity index (χ1n) is 12.9. The molecule has 5 nitrogen and oxygen atoms in total. The minimum absolute atomic E-state index is 0. The molecule has 1 aromatic heterocycles. The van der Waals surface area contributed by atoms with Gasteiger partial charge in [0, 0.05) is 29.1 Å². The van der Waals surface area contributed by atoms with Gasteiger partial charge in [0.15, 0.2) is 5.13 Å². The first-order chi connectivity index (χ1) is 17.1. The summed E-state index contributed by atoms with van der Waals surface area (Å²) in [6.07, 6.45) is 9.69. The van der Waals surface area contributed by atoms with Crippen molar-refractivity contribution in [2.24, 2.45) is 5.92 Å². The molecule has 5 rings (SSSR count). The van der Waals surface area contributed by atoms with Gasteiger partial charge in [-0.25, -0.2) is 4.98 Å². The predicted molar refractivity (Wildman–Crippen MR) is 139 cm³/mol. The molecule has 0 aliphatic heterocycles. The van der Waals surface area contributed by atoms with E-state index in [1.807, 2.05) is 12.1 Å². The van der Waals surface area contributed by atoms with Crippen LogP contribution in [0.1, 0.15) is 74.2 Å². The second-order valence-electron chi connectivity index (χ2n) is 10.1. The average molecular weight is 513 g/mol. The molecule has 3 aromatic rings. The van der Waals surface area contributed by atoms with Crippen LogP contribution in [0.4, 0.5) is 5.13 Å². The van der Waals surface area contributed by atoms with E-state index in [-0.39, 0.29) is 35.1 Å². The van der Waals surface area contributed by atoms with Crippen molar-refractivity contribution in [2.75, 3.05) is 4.90 Å². The second kappa shape index (κ2) is 12.6. The fourth-order valence-corrected chi connectivity index (χ4v) is 6.29. The molecule has 7 heteroatoms. The molecular formula is C29H33N2NaO3S. The Morgan fingerprint density at radius 3 is 2.42 bits per heavy atom. The summed E-state index contributed by atoms with van der Waals surface area (Å²) in [6.45, 7) is 2.84. The zero-order valence-corrected chi connectivity index (χ0v) is 24.1. The third-order valence-electron chi connectivity index (χ3n) is 7.50. The smallest absolute Gasteiger partial charge is 0.545 e. The van der Waals surface area contributed by atoms with Gasteiger partial charge in [0.2, 0.25) is 0 Å². The summed E-state index contributed by atoms with van der Waals surface area (Å²) in [5.41, 5.74) is 3.04. The van der Waals surface area contributed by atoms with E-state index in [9.17, 15) is 9.90 Å². The second-order valence-corrected chi connectivity index (χ2v) is 10.9. The standard InChI is InChI=1S/C29H34N2O3S.Na/c1-20-10-14-24(15-11-20)34-25-16-12-21(13-17-25)27-19-35-29(30-27)31(23-7-3-4-8-23)18-22-6-2-5-9-26(22)28(32)33;/h2,5-6,9,12-13,16-17,19-20,23-24H,3-4,7-8,10-11,14-15,18H2,1H3,(H,32,33);/q;+1/p-1/t20-,24-;. The SMILES string of the molecule is C[C@H]1CC[C@H](Oc2ccc(-c3csc(N(Cc4ccccc4C(=O)[O-])C4CCCC4)n3)cc2)CC1.[Na+]. The maximum Gasteiger partial charge on any atom is 1.00 e. The van der Waals surface area contributed by atoms with Gasteiger partial charge in [-0.3, -0.25) is 0 Å². The molecular weight excluding hydrogens is 479 g/mol. The maximum atomic E-state index is 11.7. The number of aromatic nitrogens is 1. The summed E-state index contributed by atoms with van der Waals surface area (Å²) >= 11 is 1.63. The number of carbonyl (C=O) groups excluding carboxylic acids is 1. The summed E-state index contributed by atoms with van der Waals surface area (Å²) in [6, 6.07) is 15.8. The third-order valence-corrected chi connectivity index (χ3v) is 8.37. The molecule has 0 spiro atoms. The number of rotatable bonds is 8. The van der Waals surface area contributed by atoms with E-state index in [1.54, 1.807) is 23.5 Å². The Morgan fingerprint density at radius 2 is 1.72 bits per heavy atom. The molecule has 2 aliphatic rings. The molecule has 0 saturated heterocycles. The zero-order chi connectivity index (χ0) is 24.2. The summed E-state index contributed by atoms with van der Waals surface area (Å²) in [7, 11) is 0. The summed E-state index contributed by atoms with van der Waals surface area (Å²) < 4.78 is 6.22. The molecule has 0 atom stereocenters. The summed E-state index contributed by atoms with van der Waals surface area (Å²) in [5, 5.41) is 14.7. The van der Waals surface area contributed by atoms with E-state index in [0.29, 0.717) is 18.7 Å². The van der Waals surface area contributed by atoms with Crippen LogP contribution in [0.3, 0.4) is 0 Å². The Bertz CT molecular complexity index is 1140. The van der Waals surface area contributed by atoms with E-state index in [0.717, 1.165) is 59.3 Å². The fraction of sp³-hybridized carbons (Fsp3) is 0.448. The molecule has 2 aromatic carbocycles. The van der Waals surface area contributed by atoms with Crippen LogP contribution >= 0.6 is 11.3 Å². The largest absolute Gasteiger partial charge is 1.00 e. The Balaban J connectivity index is 0.00000304. The van der Waals surface area contributed by atoms with Crippen LogP contribution in [-0.4, -0.2) is 23.1 Å². The van der Waals surface area contributed by atoms with Gasteiger partial charge in [-0.05, 0) is 74.3 Å². The van der Waals surface area contributed by atoms with Crippen molar-refractivity contribution in [3.63, 3.8) is 0 Å². The van der Waals surface area contributed by atoms with Gasteiger partial charge in [-0.2, -0.15) is 0 Å². The van der Waals surface area contributed by atoms with E-state index in [1.165, 1.54) is 25.7 Å². The Hall–Kier alpha value is -1.86. The van der Waals surface area contributed by atoms with Crippen LogP contribution in [0.2, 0.25) is 0 Å². The molecule has 0 bridgehead atoms. The van der Waals surface area contributed by atoms with E-state index < -0.39 is 5.97 Å². The molecule has 0 N–H and O–H groups in total. The molecule has 2 fully saturated rings. The summed E-state index contributed by atoms with van der Waals surface area (Å²) in [4.78, 5) is 19.0. The van der Waals surface area contributed by atoms with E-state index in [4.69, 9.17) is 9.72 Å². The van der Waals surface area contributed by atoms with Crippen LogP contribution in [0.5, 0.6) is 5.75 Å². The quantitative estimate of drug-likeness (QED) is 0.434. The van der Waals surface area contributed by atoms with E-state index >= 15 is 0 Å². The number of carboxylic acids is 1. The number of carbonyl (C=O) groups is 1. The van der Waals surface area contributed by atoms with Gasteiger partial charge in [-0.1, -0.05) is 44.0 Å². The van der Waals surface area contributed by atoms with Crippen LogP contribution < -0.4 is 44.3 Å². The van der Waals surface area contributed by atoms with Crippen LogP contribution in [0.15, 0.2) is 53.9 Å². The minimum Gasteiger partial charge on any atom is -0.545 e. The number of benzene rings is 2. The number of hydrogen-bond acceptors (Lipinski definition) is 6. The third kappa shape index (κ3) is 6.52. The van der Waals surface area contributed by atoms with Crippen molar-refractivity contribution in [1.29, 1.82) is 0 Å². The Morgan fingerprint density at radius 1 is 1.03 bits per heavy atom. The van der Waals surface area contributed by atoms with Gasteiger partial charge in [-0.15, -0.1) is 11.3 Å². The van der Waals surface area contributed by atoms with Gasteiger partial charge in [0.1, 0.15) is 5.75 Å². The molecule has 0 unspecified atom stereocenters. The van der Waals surface area contributed by atoms with Gasteiger partial charge in [0.05, 0.1) is 17.8 Å². The van der Waals surface area contributed by atoms with Crippen molar-refractivity contribution in [2.45, 2.75) is 77.0 Å². The molecule has 2 saturated carbocycles. The zero-order valence-electron chi connectivity index (χ0n) is 21.3. The number of hydrogen-bond donors (Lipinski definition) is 0. The Labute approximate surface area is 240 Å². The number of ether oxygens (including phenoxy) is 1. The molecule has 184 valence electrons. The van der Waals surface area contributed by atoms with Gasteiger partial charge >= 0.3 is 29.6 Å². The van der Waals surface area contributed by atoms with Crippen molar-refractivity contribution in [3.05, 3.63) is 65.0 Å². The van der Waals surface area contributed by atoms with Crippen LogP contribution in [-0.2, 0) is 6.54 Å². The fourth-order valence-electron chi connectivity index (χ4n) is 5.38. The number of aromatic carboxylic acids is 1. The van der Waals surface area contributed by atoms with Crippen molar-refractivity contribution in [3.8, 4) is 17.0 Å². The van der Waals surface area contributed by atoms with Crippen molar-refractivity contribution in [1.82, 2.24) is 4.98 Å². The number of thiazole rings is 1. The van der Waals surface area contributed by atoms with Crippen LogP contribution in [0, 0.1) is 5.92 Å².